The molecule has 0 rings (SSSR count). The van der Waals surface area contributed by atoms with E-state index in [0.29, 0.717) is 51.4 Å². The van der Waals surface area contributed by atoms with Crippen molar-refractivity contribution >= 4 is 113 Å². The van der Waals surface area contributed by atoms with E-state index in [-0.39, 0.29) is 94.8 Å². The summed E-state index contributed by atoms with van der Waals surface area (Å²) in [5.74, 6) is -7.84. The second-order valence-electron chi connectivity index (χ2n) is 21.0. The number of hydrogen-bond acceptors (Lipinski definition) is 14. The number of carbonyl (C=O) groups excluding carboxylic acids is 4. The number of aliphatic carboxylic acids is 4. The average molecular weight is 1140 g/mol. The molecular weight excluding hydrogens is 1030 g/mol. The van der Waals surface area contributed by atoms with E-state index in [4.69, 9.17) is 0 Å². The summed E-state index contributed by atoms with van der Waals surface area (Å²) < 4.78 is 70.9. The van der Waals surface area contributed by atoms with Crippen LogP contribution >= 0.6 is 0 Å². The first-order valence-electron chi connectivity index (χ1n) is 29.0. The van der Waals surface area contributed by atoms with Gasteiger partial charge in [-0.15, -0.1) is 0 Å². The number of carbonyl (C=O) groups is 4. The molecule has 0 amide bonds. The Morgan fingerprint density at radius 3 is 0.533 bits per heavy atom. The van der Waals surface area contributed by atoms with Gasteiger partial charge in [0.05, 0.1) is 22.4 Å². The Labute approximate surface area is 506 Å². The fourth-order valence-corrected chi connectivity index (χ4v) is 12.6. The second-order valence-corrected chi connectivity index (χ2v) is 23.9. The summed E-state index contributed by atoms with van der Waals surface area (Å²) in [5, 5.41) is 42.5. The van der Waals surface area contributed by atoms with Crippen LogP contribution in [0.1, 0.15) is 310 Å². The molecule has 0 aromatic carbocycles. The molecule has 0 fully saturated rings. The molecule has 0 radical (unpaired) electrons. The van der Waals surface area contributed by atoms with Crippen LogP contribution in [0.25, 0.3) is 0 Å². The summed E-state index contributed by atoms with van der Waals surface area (Å²) >= 11 is 0. The standard InChI is InChI=1S/2C28H54O7S.3Mg/c2*1-3-5-7-9-11-13-15-17-19-21-23-28(27(31)32,25(26(29)30)36(33,34)35)24-22-20-18-16-14-12-10-8-6-4-2;;;/h2*25H,3-24H2,1-2H3,(H,29,30)(H,31,32)(H,33,34,35);;;/q;;3*+2/p-6. The fraction of sp³-hybridized carbons (Fsp3) is 0.929. The fourth-order valence-electron chi connectivity index (χ4n) is 10.3. The molecule has 0 bridgehead atoms. The van der Waals surface area contributed by atoms with Crippen molar-refractivity contribution in [3.63, 3.8) is 0 Å². The van der Waals surface area contributed by atoms with Crippen LogP contribution in [-0.4, -0.2) is 129 Å². The second kappa shape index (κ2) is 53.3. The van der Waals surface area contributed by atoms with Crippen molar-refractivity contribution in [1.29, 1.82) is 0 Å². The van der Waals surface area contributed by atoms with Crippen LogP contribution in [0, 0.1) is 10.8 Å². The monoisotopic (exact) mass is 1130 g/mol. The predicted molar refractivity (Wildman–Crippen MR) is 295 cm³/mol. The van der Waals surface area contributed by atoms with E-state index < -0.39 is 65.4 Å². The minimum atomic E-state index is -5.42. The molecule has 0 saturated heterocycles. The molecule has 0 heterocycles. The summed E-state index contributed by atoms with van der Waals surface area (Å²) in [6, 6.07) is 0. The van der Waals surface area contributed by atoms with Crippen LogP contribution in [0.4, 0.5) is 0 Å². The molecule has 0 aliphatic rings. The van der Waals surface area contributed by atoms with Gasteiger partial charge in [0.2, 0.25) is 0 Å². The van der Waals surface area contributed by atoms with Crippen LogP contribution < -0.4 is 20.4 Å². The maximum absolute atomic E-state index is 12.2. The molecule has 0 aliphatic carbocycles. The minimum Gasteiger partial charge on any atom is -0.747 e. The van der Waals surface area contributed by atoms with Gasteiger partial charge in [-0.05, 0) is 25.7 Å². The Kier molecular flexibility index (Phi) is 59.6. The first-order valence-corrected chi connectivity index (χ1v) is 31.9. The molecule has 428 valence electrons. The molecule has 19 heteroatoms. The molecule has 75 heavy (non-hydrogen) atoms. The van der Waals surface area contributed by atoms with Gasteiger partial charge in [0.25, 0.3) is 0 Å². The van der Waals surface area contributed by atoms with Gasteiger partial charge < -0.3 is 48.7 Å². The summed E-state index contributed by atoms with van der Waals surface area (Å²) in [7, 11) is -10.8. The van der Waals surface area contributed by atoms with Crippen molar-refractivity contribution in [2.75, 3.05) is 0 Å². The van der Waals surface area contributed by atoms with E-state index in [0.717, 1.165) is 103 Å². The Hall–Kier alpha value is -0.00130. The maximum atomic E-state index is 12.2. The van der Waals surface area contributed by atoms with Gasteiger partial charge in [0, 0.05) is 22.8 Å². The van der Waals surface area contributed by atoms with E-state index in [2.05, 4.69) is 27.7 Å². The van der Waals surface area contributed by atoms with Crippen molar-refractivity contribution in [2.24, 2.45) is 10.8 Å². The zero-order chi connectivity index (χ0) is 54.6. The SMILES string of the molecule is CCCCCCCCCCCCC(CCCCCCCCCCCC)(C(=O)[O-])C(C(=O)[O-])S(=O)(=O)[O-].CCCCCCCCCCCCC(CCCCCCCCCCCC)(C(=O)[O-])C(C(=O)[O-])S(=O)(=O)[O-].[Mg+2].[Mg+2].[Mg+2]. The molecule has 0 spiro atoms. The van der Waals surface area contributed by atoms with E-state index in [9.17, 15) is 65.5 Å². The first-order chi connectivity index (χ1) is 34.3. The van der Waals surface area contributed by atoms with Crippen molar-refractivity contribution in [3.8, 4) is 0 Å². The number of rotatable bonds is 52. The molecule has 0 aromatic rings. The van der Waals surface area contributed by atoms with Crippen molar-refractivity contribution in [3.05, 3.63) is 0 Å². The average Bonchev–Trinajstić information content (AvgIpc) is 3.30. The van der Waals surface area contributed by atoms with E-state index in [1.54, 1.807) is 0 Å². The third-order valence-corrected chi connectivity index (χ3v) is 17.2. The van der Waals surface area contributed by atoms with Gasteiger partial charge in [0.15, 0.2) is 0 Å². The number of hydrogen-bond donors (Lipinski definition) is 0. The smallest absolute Gasteiger partial charge is 0.747 e. The Balaban J connectivity index is -0.000000419. The van der Waals surface area contributed by atoms with Gasteiger partial charge in [-0.2, -0.15) is 0 Å². The van der Waals surface area contributed by atoms with E-state index in [1.165, 1.54) is 103 Å². The molecule has 0 saturated carbocycles. The van der Waals surface area contributed by atoms with Crippen molar-refractivity contribution in [2.45, 2.75) is 321 Å². The molecule has 0 aliphatic heterocycles. The quantitative estimate of drug-likeness (QED) is 0.0313. The zero-order valence-electron chi connectivity index (χ0n) is 47.9. The van der Waals surface area contributed by atoms with Crippen LogP contribution in [0.5, 0.6) is 0 Å². The Morgan fingerprint density at radius 2 is 0.427 bits per heavy atom. The topological polar surface area (TPSA) is 275 Å². The predicted octanol–water partition coefficient (Wildman–Crippen LogP) is 8.87. The summed E-state index contributed by atoms with van der Waals surface area (Å²) in [5.41, 5.74) is -4.50. The Morgan fingerprint density at radius 1 is 0.293 bits per heavy atom. The van der Waals surface area contributed by atoms with Crippen molar-refractivity contribution < 1.29 is 65.5 Å². The van der Waals surface area contributed by atoms with Gasteiger partial charge >= 0.3 is 69.2 Å². The van der Waals surface area contributed by atoms with Crippen LogP contribution in [0.15, 0.2) is 0 Å². The normalized spacial score (nSPS) is 12.6. The molecule has 0 aromatic heterocycles. The van der Waals surface area contributed by atoms with E-state index in [1.807, 2.05) is 0 Å². The van der Waals surface area contributed by atoms with Gasteiger partial charge in [-0.25, -0.2) is 16.8 Å². The van der Waals surface area contributed by atoms with Gasteiger partial charge in [-0.3, -0.25) is 0 Å². The number of carboxylic acids is 4. The third kappa shape index (κ3) is 41.6. The van der Waals surface area contributed by atoms with Gasteiger partial charge in [0.1, 0.15) is 20.2 Å². The zero-order valence-corrected chi connectivity index (χ0v) is 53.8. The molecule has 2 atom stereocenters. The summed E-state index contributed by atoms with van der Waals surface area (Å²) in [4.78, 5) is 47.7. The molecule has 2 unspecified atom stereocenters. The summed E-state index contributed by atoms with van der Waals surface area (Å²) in [6.07, 6.45) is 39.0. The molecular formula is C56H102Mg3O14S2. The number of carboxylic acid groups (broad SMARTS) is 4. The van der Waals surface area contributed by atoms with Crippen LogP contribution in [0.3, 0.4) is 0 Å². The van der Waals surface area contributed by atoms with Crippen LogP contribution in [-0.2, 0) is 39.4 Å². The van der Waals surface area contributed by atoms with Crippen molar-refractivity contribution in [1.82, 2.24) is 0 Å². The Bertz CT molecular complexity index is 1440. The third-order valence-electron chi connectivity index (χ3n) is 14.7. The van der Waals surface area contributed by atoms with Crippen LogP contribution in [0.2, 0.25) is 0 Å². The molecule has 14 nitrogen and oxygen atoms in total. The maximum Gasteiger partial charge on any atom is 2.00 e. The minimum absolute atomic E-state index is 0. The summed E-state index contributed by atoms with van der Waals surface area (Å²) in [6.45, 7) is 8.69. The largest absolute Gasteiger partial charge is 2.00 e. The number of unbranched alkanes of at least 4 members (excludes halogenated alkanes) is 36. The molecule has 0 N–H and O–H groups in total. The van der Waals surface area contributed by atoms with Gasteiger partial charge in [-0.1, -0.05) is 285 Å². The first kappa shape index (κ1) is 83.8. The van der Waals surface area contributed by atoms with E-state index >= 15 is 0 Å².